The number of hydrogen-bond acceptors (Lipinski definition) is 3. The molecule has 3 rings (SSSR count). The van der Waals surface area contributed by atoms with Gasteiger partial charge in [0, 0.05) is 12.1 Å². The molecule has 21 heavy (non-hydrogen) atoms. The third-order valence-corrected chi connectivity index (χ3v) is 4.55. The predicted octanol–water partition coefficient (Wildman–Crippen LogP) is 1.13. The Kier molecular flexibility index (Phi) is 3.57. The highest BCUT2D eigenvalue weighted by atomic mass is 16.2. The summed E-state index contributed by atoms with van der Waals surface area (Å²) in [6.45, 7) is 0. The van der Waals surface area contributed by atoms with E-state index in [4.69, 9.17) is 5.73 Å². The molecule has 1 heterocycles. The summed E-state index contributed by atoms with van der Waals surface area (Å²) in [6, 6.07) is 6.90. The number of carbonyl (C=O) groups is 2. The first kappa shape index (κ1) is 13.9. The summed E-state index contributed by atoms with van der Waals surface area (Å²) in [5.74, 6) is -0.101. The maximum atomic E-state index is 12.4. The van der Waals surface area contributed by atoms with Crippen molar-refractivity contribution in [1.82, 2.24) is 10.6 Å². The van der Waals surface area contributed by atoms with E-state index in [0.717, 1.165) is 37.7 Å². The lowest BCUT2D eigenvalue weighted by molar-refractivity contribution is -0.143. The zero-order valence-electron chi connectivity index (χ0n) is 12.0. The number of hydrogen-bond donors (Lipinski definition) is 3. The first-order valence-electron chi connectivity index (χ1n) is 7.56. The summed E-state index contributed by atoms with van der Waals surface area (Å²) in [4.78, 5) is 24.8. The fraction of sp³-hybridized carbons (Fsp3) is 0.500. The Morgan fingerprint density at radius 1 is 1.10 bits per heavy atom. The van der Waals surface area contributed by atoms with Crippen molar-refractivity contribution in [1.29, 1.82) is 0 Å². The zero-order valence-corrected chi connectivity index (χ0v) is 12.0. The Labute approximate surface area is 124 Å². The number of nitrogens with two attached hydrogens (primary N) is 1. The van der Waals surface area contributed by atoms with Gasteiger partial charge in [0.25, 0.3) is 0 Å². The van der Waals surface area contributed by atoms with Gasteiger partial charge in [-0.2, -0.15) is 0 Å². The standard InChI is InChI=1S/C16H21N3O2/c17-12-6-4-11(5-7-12)10-13-14(20)19-16(15(21)18-13)8-2-1-3-9-16/h4-7,13H,1-3,8-10,17H2,(H,18,21)(H,19,20). The van der Waals surface area contributed by atoms with E-state index < -0.39 is 11.6 Å². The minimum Gasteiger partial charge on any atom is -0.399 e. The number of amides is 2. The van der Waals surface area contributed by atoms with Gasteiger partial charge in [-0.15, -0.1) is 0 Å². The molecule has 2 aliphatic rings. The van der Waals surface area contributed by atoms with Crippen LogP contribution in [0.25, 0.3) is 0 Å². The minimum atomic E-state index is -0.660. The van der Waals surface area contributed by atoms with Gasteiger partial charge in [-0.05, 0) is 30.5 Å². The van der Waals surface area contributed by atoms with Crippen LogP contribution in [-0.4, -0.2) is 23.4 Å². The maximum absolute atomic E-state index is 12.4. The zero-order chi connectivity index (χ0) is 14.9. The summed E-state index contributed by atoms with van der Waals surface area (Å²) in [7, 11) is 0. The van der Waals surface area contributed by atoms with Crippen LogP contribution in [0.5, 0.6) is 0 Å². The van der Waals surface area contributed by atoms with Crippen molar-refractivity contribution in [2.75, 3.05) is 5.73 Å². The molecule has 0 radical (unpaired) electrons. The first-order chi connectivity index (χ1) is 10.1. The smallest absolute Gasteiger partial charge is 0.246 e. The number of piperazine rings is 1. The van der Waals surface area contributed by atoms with E-state index >= 15 is 0 Å². The molecule has 1 atom stereocenters. The van der Waals surface area contributed by atoms with E-state index in [1.54, 1.807) is 12.1 Å². The molecule has 2 amide bonds. The SMILES string of the molecule is Nc1ccc(CC2NC(=O)C3(CCCCC3)NC2=O)cc1. The van der Waals surface area contributed by atoms with Crippen LogP contribution >= 0.6 is 0 Å². The summed E-state index contributed by atoms with van der Waals surface area (Å²) in [5, 5.41) is 5.90. The highest BCUT2D eigenvalue weighted by Gasteiger charge is 2.46. The molecule has 1 saturated carbocycles. The number of nitrogens with one attached hydrogen (secondary N) is 2. The van der Waals surface area contributed by atoms with Gasteiger partial charge >= 0.3 is 0 Å². The van der Waals surface area contributed by atoms with Crippen LogP contribution in [0.4, 0.5) is 5.69 Å². The van der Waals surface area contributed by atoms with E-state index in [2.05, 4.69) is 10.6 Å². The summed E-state index contributed by atoms with van der Waals surface area (Å²) >= 11 is 0. The van der Waals surface area contributed by atoms with Crippen LogP contribution < -0.4 is 16.4 Å². The molecule has 1 aliphatic carbocycles. The second kappa shape index (κ2) is 5.39. The van der Waals surface area contributed by atoms with Crippen LogP contribution in [0.1, 0.15) is 37.7 Å². The molecule has 2 fully saturated rings. The normalized spacial score (nSPS) is 24.5. The average molecular weight is 287 g/mol. The van der Waals surface area contributed by atoms with E-state index in [0.29, 0.717) is 12.1 Å². The Morgan fingerprint density at radius 2 is 1.76 bits per heavy atom. The van der Waals surface area contributed by atoms with Gasteiger partial charge in [0.05, 0.1) is 0 Å². The molecular weight excluding hydrogens is 266 g/mol. The van der Waals surface area contributed by atoms with Gasteiger partial charge in [-0.25, -0.2) is 0 Å². The van der Waals surface area contributed by atoms with Crippen molar-refractivity contribution in [3.8, 4) is 0 Å². The van der Waals surface area contributed by atoms with Crippen molar-refractivity contribution in [3.63, 3.8) is 0 Å². The number of anilines is 1. The molecule has 5 heteroatoms. The van der Waals surface area contributed by atoms with Crippen molar-refractivity contribution in [2.24, 2.45) is 0 Å². The fourth-order valence-corrected chi connectivity index (χ4v) is 3.28. The van der Waals surface area contributed by atoms with E-state index in [1.165, 1.54) is 0 Å². The summed E-state index contributed by atoms with van der Waals surface area (Å²) in [5.41, 5.74) is 6.68. The average Bonchev–Trinajstić information content (AvgIpc) is 2.48. The van der Waals surface area contributed by atoms with Crippen LogP contribution in [0.2, 0.25) is 0 Å². The Balaban J connectivity index is 1.70. The molecule has 1 aromatic rings. The van der Waals surface area contributed by atoms with Gasteiger partial charge in [0.2, 0.25) is 11.8 Å². The molecule has 5 nitrogen and oxygen atoms in total. The molecule has 1 spiro atoms. The van der Waals surface area contributed by atoms with Crippen molar-refractivity contribution < 1.29 is 9.59 Å². The Bertz CT molecular complexity index is 547. The van der Waals surface area contributed by atoms with Gasteiger partial charge < -0.3 is 16.4 Å². The molecule has 0 aromatic heterocycles. The molecular formula is C16H21N3O2. The third kappa shape index (κ3) is 2.73. The maximum Gasteiger partial charge on any atom is 0.246 e. The molecule has 1 aromatic carbocycles. The van der Waals surface area contributed by atoms with Crippen molar-refractivity contribution in [2.45, 2.75) is 50.1 Å². The van der Waals surface area contributed by atoms with E-state index in [9.17, 15) is 9.59 Å². The van der Waals surface area contributed by atoms with Crippen molar-refractivity contribution >= 4 is 17.5 Å². The number of benzene rings is 1. The lowest BCUT2D eigenvalue weighted by Crippen LogP contribution is -2.70. The molecule has 112 valence electrons. The van der Waals surface area contributed by atoms with Gasteiger partial charge in [-0.1, -0.05) is 31.4 Å². The second-order valence-corrected chi connectivity index (χ2v) is 6.10. The Morgan fingerprint density at radius 3 is 2.43 bits per heavy atom. The minimum absolute atomic E-state index is 0.0257. The summed E-state index contributed by atoms with van der Waals surface area (Å²) in [6.07, 6.45) is 5.12. The lowest BCUT2D eigenvalue weighted by atomic mass is 9.79. The van der Waals surface area contributed by atoms with Crippen LogP contribution in [0.3, 0.4) is 0 Å². The predicted molar refractivity (Wildman–Crippen MR) is 80.4 cm³/mol. The Hall–Kier alpha value is -2.04. The monoisotopic (exact) mass is 287 g/mol. The van der Waals surface area contributed by atoms with Crippen LogP contribution in [-0.2, 0) is 16.0 Å². The topological polar surface area (TPSA) is 84.2 Å². The van der Waals surface area contributed by atoms with Gasteiger partial charge in [0.15, 0.2) is 0 Å². The van der Waals surface area contributed by atoms with Gasteiger partial charge in [0.1, 0.15) is 11.6 Å². The molecule has 0 bridgehead atoms. The molecule has 1 saturated heterocycles. The first-order valence-corrected chi connectivity index (χ1v) is 7.56. The number of nitrogen functional groups attached to an aromatic ring is 1. The van der Waals surface area contributed by atoms with E-state index in [1.807, 2.05) is 12.1 Å². The molecule has 4 N–H and O–H groups in total. The molecule has 1 unspecified atom stereocenters. The largest absolute Gasteiger partial charge is 0.399 e. The summed E-state index contributed by atoms with van der Waals surface area (Å²) < 4.78 is 0. The van der Waals surface area contributed by atoms with Gasteiger partial charge in [-0.3, -0.25) is 9.59 Å². The lowest BCUT2D eigenvalue weighted by Gasteiger charge is -2.42. The number of carbonyl (C=O) groups excluding carboxylic acids is 2. The highest BCUT2D eigenvalue weighted by molar-refractivity contribution is 6.00. The van der Waals surface area contributed by atoms with Crippen LogP contribution in [0.15, 0.2) is 24.3 Å². The molecule has 1 aliphatic heterocycles. The van der Waals surface area contributed by atoms with Crippen molar-refractivity contribution in [3.05, 3.63) is 29.8 Å². The highest BCUT2D eigenvalue weighted by Crippen LogP contribution is 2.30. The third-order valence-electron chi connectivity index (χ3n) is 4.55. The quantitative estimate of drug-likeness (QED) is 0.713. The second-order valence-electron chi connectivity index (χ2n) is 6.10. The van der Waals surface area contributed by atoms with Crippen LogP contribution in [0, 0.1) is 0 Å². The number of rotatable bonds is 2. The fourth-order valence-electron chi connectivity index (χ4n) is 3.28. The van der Waals surface area contributed by atoms with E-state index in [-0.39, 0.29) is 11.8 Å².